The Bertz CT molecular complexity index is 1260. The number of anilines is 1. The molecule has 0 bridgehead atoms. The average Bonchev–Trinajstić information content (AvgIpc) is 3.30. The van der Waals surface area contributed by atoms with Crippen LogP contribution in [-0.4, -0.2) is 51.9 Å². The molecule has 2 N–H and O–H groups in total. The van der Waals surface area contributed by atoms with Crippen LogP contribution in [-0.2, 0) is 19.9 Å². The lowest BCUT2D eigenvalue weighted by Gasteiger charge is -2.32. The minimum Gasteiger partial charge on any atom is -0.440 e. The zero-order valence-corrected chi connectivity index (χ0v) is 22.7. The Morgan fingerprint density at radius 1 is 1.27 bits per heavy atom. The standard InChI is InChI=1S/C27H36FN5O3S/c1-17(16-29)31-25(34)22-15-19(28)7-10-21(22)23-24(36-26(32-23)27(2,3)4)18-5-8-20(9-6-18)33-11-13-37(30,35)14-12-33/h5-6,8-9,17,19,21-22,30H,7,10-15H2,1-4H3,(H,31,34)/t17-,19-,21+,22+/m0/s1. The van der Waals surface area contributed by atoms with Crippen molar-refractivity contribution in [3.05, 3.63) is 35.9 Å². The first-order chi connectivity index (χ1) is 17.4. The van der Waals surface area contributed by atoms with Gasteiger partial charge in [-0.25, -0.2) is 13.6 Å². The van der Waals surface area contributed by atoms with Crippen molar-refractivity contribution < 1.29 is 17.8 Å². The van der Waals surface area contributed by atoms with Gasteiger partial charge in [-0.15, -0.1) is 0 Å². The van der Waals surface area contributed by atoms with Gasteiger partial charge >= 0.3 is 0 Å². The highest BCUT2D eigenvalue weighted by Crippen LogP contribution is 2.44. The van der Waals surface area contributed by atoms with Crippen LogP contribution in [0.1, 0.15) is 64.5 Å². The van der Waals surface area contributed by atoms with Gasteiger partial charge in [0, 0.05) is 62.8 Å². The topological polar surface area (TPSA) is 123 Å². The Hall–Kier alpha value is -2.93. The Balaban J connectivity index is 1.68. The first kappa shape index (κ1) is 27.1. The molecule has 0 spiro atoms. The van der Waals surface area contributed by atoms with Crippen LogP contribution in [0.4, 0.5) is 10.1 Å². The summed E-state index contributed by atoms with van der Waals surface area (Å²) in [5.74, 6) is 0.539. The van der Waals surface area contributed by atoms with Crippen LogP contribution in [0.2, 0.25) is 0 Å². The molecule has 2 aliphatic rings. The smallest absolute Gasteiger partial charge is 0.224 e. The maximum absolute atomic E-state index is 14.5. The van der Waals surface area contributed by atoms with E-state index >= 15 is 0 Å². The lowest BCUT2D eigenvalue weighted by Crippen LogP contribution is -2.41. The molecule has 0 unspecified atom stereocenters. The van der Waals surface area contributed by atoms with Crippen LogP contribution in [0.5, 0.6) is 0 Å². The van der Waals surface area contributed by atoms with Crippen molar-refractivity contribution in [2.24, 2.45) is 5.92 Å². The molecule has 1 aromatic carbocycles. The SMILES string of the molecule is C[C@@H](C#N)NC(=O)[C@@H]1C[C@@H](F)CC[C@H]1c1nc(C(C)(C)C)oc1-c1ccc(N2CCS(=N)(=O)CC2)cc1. The van der Waals surface area contributed by atoms with Gasteiger partial charge in [0.05, 0.1) is 11.8 Å². The molecule has 37 heavy (non-hydrogen) atoms. The van der Waals surface area contributed by atoms with Crippen molar-refractivity contribution in [2.75, 3.05) is 29.5 Å². The van der Waals surface area contributed by atoms with Gasteiger partial charge in [-0.3, -0.25) is 9.57 Å². The monoisotopic (exact) mass is 529 g/mol. The predicted molar refractivity (Wildman–Crippen MR) is 142 cm³/mol. The number of nitrogens with zero attached hydrogens (tertiary/aromatic N) is 3. The molecule has 1 aliphatic heterocycles. The average molecular weight is 530 g/mol. The zero-order chi connectivity index (χ0) is 27.0. The Morgan fingerprint density at radius 2 is 1.92 bits per heavy atom. The number of carbonyl (C=O) groups excluding carboxylic acids is 1. The molecule has 200 valence electrons. The molecule has 10 heteroatoms. The summed E-state index contributed by atoms with van der Waals surface area (Å²) < 4.78 is 40.6. The van der Waals surface area contributed by atoms with E-state index in [0.29, 0.717) is 54.8 Å². The van der Waals surface area contributed by atoms with Gasteiger partial charge in [0.15, 0.2) is 5.76 Å². The summed E-state index contributed by atoms with van der Waals surface area (Å²) in [7, 11) is -2.47. The Kier molecular flexibility index (Phi) is 7.65. The van der Waals surface area contributed by atoms with Crippen LogP contribution in [0.3, 0.4) is 0 Å². The molecule has 2 aromatic rings. The van der Waals surface area contributed by atoms with E-state index in [9.17, 15) is 13.4 Å². The molecule has 1 aromatic heterocycles. The second kappa shape index (κ2) is 10.4. The van der Waals surface area contributed by atoms with Gasteiger partial charge in [-0.05, 0) is 50.5 Å². The van der Waals surface area contributed by atoms with Gasteiger partial charge in [0.1, 0.15) is 12.2 Å². The van der Waals surface area contributed by atoms with Crippen LogP contribution < -0.4 is 10.2 Å². The number of nitriles is 1. The molecule has 2 heterocycles. The number of carbonyl (C=O) groups is 1. The molecule has 1 saturated carbocycles. The molecule has 2 fully saturated rings. The van der Waals surface area contributed by atoms with Crippen molar-refractivity contribution in [3.63, 3.8) is 0 Å². The second-order valence-corrected chi connectivity index (χ2v) is 13.7. The molecule has 1 aliphatic carbocycles. The predicted octanol–water partition coefficient (Wildman–Crippen LogP) is 4.76. The maximum Gasteiger partial charge on any atom is 0.224 e. The molecule has 1 amide bonds. The van der Waals surface area contributed by atoms with Crippen LogP contribution in [0.15, 0.2) is 28.7 Å². The van der Waals surface area contributed by atoms with E-state index in [4.69, 9.17) is 19.4 Å². The molecular formula is C27H36FN5O3S. The summed E-state index contributed by atoms with van der Waals surface area (Å²) in [6.45, 7) is 8.78. The highest BCUT2D eigenvalue weighted by atomic mass is 32.2. The lowest BCUT2D eigenvalue weighted by atomic mass is 9.75. The number of amides is 1. The van der Waals surface area contributed by atoms with Gasteiger partial charge in [0.25, 0.3) is 0 Å². The zero-order valence-electron chi connectivity index (χ0n) is 21.9. The molecule has 8 nitrogen and oxygen atoms in total. The molecule has 4 atom stereocenters. The van der Waals surface area contributed by atoms with Gasteiger partial charge in [-0.2, -0.15) is 5.26 Å². The Morgan fingerprint density at radius 3 is 2.51 bits per heavy atom. The number of benzene rings is 1. The van der Waals surface area contributed by atoms with Crippen LogP contribution in [0.25, 0.3) is 11.3 Å². The Labute approximate surface area is 218 Å². The maximum atomic E-state index is 14.5. The summed E-state index contributed by atoms with van der Waals surface area (Å²) in [4.78, 5) is 20.1. The number of hydrogen-bond acceptors (Lipinski definition) is 7. The van der Waals surface area contributed by atoms with E-state index in [0.717, 1.165) is 11.3 Å². The normalized spacial score (nSPS) is 24.8. The number of alkyl halides is 1. The summed E-state index contributed by atoms with van der Waals surface area (Å²) >= 11 is 0. The van der Waals surface area contributed by atoms with Crippen molar-refractivity contribution >= 4 is 21.3 Å². The number of aromatic nitrogens is 1. The molecule has 1 saturated heterocycles. The molecular weight excluding hydrogens is 493 g/mol. The minimum absolute atomic E-state index is 0.0822. The second-order valence-electron chi connectivity index (χ2n) is 11.2. The number of hydrogen-bond donors (Lipinski definition) is 2. The van der Waals surface area contributed by atoms with Crippen LogP contribution >= 0.6 is 0 Å². The van der Waals surface area contributed by atoms with Gasteiger partial charge in [0.2, 0.25) is 11.8 Å². The fraction of sp³-hybridized carbons (Fsp3) is 0.593. The van der Waals surface area contributed by atoms with E-state index in [1.165, 1.54) is 0 Å². The quantitative estimate of drug-likeness (QED) is 0.576. The minimum atomic E-state index is -2.47. The van der Waals surface area contributed by atoms with E-state index in [1.54, 1.807) is 6.92 Å². The highest BCUT2D eigenvalue weighted by molar-refractivity contribution is 7.92. The first-order valence-electron chi connectivity index (χ1n) is 12.8. The summed E-state index contributed by atoms with van der Waals surface area (Å²) in [5.41, 5.74) is 2.09. The van der Waals surface area contributed by atoms with E-state index in [1.807, 2.05) is 51.1 Å². The lowest BCUT2D eigenvalue weighted by molar-refractivity contribution is -0.127. The van der Waals surface area contributed by atoms with E-state index in [2.05, 4.69) is 10.2 Å². The van der Waals surface area contributed by atoms with E-state index in [-0.39, 0.29) is 23.7 Å². The summed E-state index contributed by atoms with van der Waals surface area (Å²) in [6, 6.07) is 9.20. The largest absolute Gasteiger partial charge is 0.440 e. The summed E-state index contributed by atoms with van der Waals surface area (Å²) in [6.07, 6.45) is -0.198. The number of nitrogens with one attached hydrogen (secondary N) is 2. The molecule has 0 radical (unpaired) electrons. The number of oxazole rings is 1. The van der Waals surface area contributed by atoms with Crippen molar-refractivity contribution in [3.8, 4) is 17.4 Å². The van der Waals surface area contributed by atoms with Crippen molar-refractivity contribution in [2.45, 2.75) is 70.5 Å². The third-order valence-electron chi connectivity index (χ3n) is 7.20. The van der Waals surface area contributed by atoms with Crippen molar-refractivity contribution in [1.29, 1.82) is 10.0 Å². The third kappa shape index (κ3) is 6.15. The van der Waals surface area contributed by atoms with Crippen molar-refractivity contribution in [1.82, 2.24) is 10.3 Å². The highest BCUT2D eigenvalue weighted by Gasteiger charge is 2.40. The molecule has 4 rings (SSSR count). The number of rotatable bonds is 5. The van der Waals surface area contributed by atoms with E-state index < -0.39 is 27.9 Å². The fourth-order valence-corrected chi connectivity index (χ4v) is 6.25. The number of halogens is 1. The van der Waals surface area contributed by atoms with Gasteiger partial charge in [-0.1, -0.05) is 20.8 Å². The third-order valence-corrected chi connectivity index (χ3v) is 8.88. The summed E-state index contributed by atoms with van der Waals surface area (Å²) in [5, 5.41) is 11.9. The van der Waals surface area contributed by atoms with Crippen LogP contribution in [0, 0.1) is 22.0 Å². The first-order valence-corrected chi connectivity index (χ1v) is 14.7. The fourth-order valence-electron chi connectivity index (χ4n) is 5.01. The van der Waals surface area contributed by atoms with Gasteiger partial charge < -0.3 is 14.6 Å².